The molecule has 1 N–H and O–H groups in total. The molecule has 0 fully saturated rings. The fraction of sp³-hybridized carbons (Fsp3) is 0.152. The van der Waals surface area contributed by atoms with Crippen LogP contribution in [0.25, 0.3) is 32.4 Å². The van der Waals surface area contributed by atoms with Crippen molar-refractivity contribution in [2.75, 3.05) is 11.4 Å². The zero-order chi connectivity index (χ0) is 31.0. The monoisotopic (exact) mass is 624 g/mol. The van der Waals surface area contributed by atoms with Gasteiger partial charge in [0.05, 0.1) is 13.7 Å². The fourth-order valence-electron chi connectivity index (χ4n) is 5.28. The molecule has 0 saturated heterocycles. The minimum absolute atomic E-state index is 0.226. The van der Waals surface area contributed by atoms with Crippen molar-refractivity contribution in [3.8, 4) is 11.1 Å². The van der Waals surface area contributed by atoms with Crippen molar-refractivity contribution in [3.05, 3.63) is 113 Å². The molecule has 0 aliphatic carbocycles. The molecule has 0 radical (unpaired) electrons. The van der Waals surface area contributed by atoms with Gasteiger partial charge in [-0.15, -0.1) is 11.3 Å². The lowest BCUT2D eigenvalue weighted by atomic mass is 10.0. The number of anilines is 1. The van der Waals surface area contributed by atoms with Crippen LogP contribution >= 0.6 is 11.3 Å². The van der Waals surface area contributed by atoms with Crippen LogP contribution in [0.1, 0.15) is 44.7 Å². The minimum Gasteiger partial charge on any atom is -0.464 e. The number of carbonyl (C=O) groups excluding carboxylic acids is 2. The second-order valence-electron chi connectivity index (χ2n) is 10.1. The maximum Gasteiger partial charge on any atom is 0.356 e. The van der Waals surface area contributed by atoms with Gasteiger partial charge < -0.3 is 9.30 Å². The van der Waals surface area contributed by atoms with E-state index in [2.05, 4.69) is 4.98 Å². The maximum atomic E-state index is 13.5. The maximum absolute atomic E-state index is 13.5. The summed E-state index contributed by atoms with van der Waals surface area (Å²) in [4.78, 5) is 35.1. The van der Waals surface area contributed by atoms with Crippen LogP contribution < -0.4 is 4.31 Å². The lowest BCUT2D eigenvalue weighted by molar-refractivity contribution is 0.0594. The zero-order valence-electron chi connectivity index (χ0n) is 24.2. The van der Waals surface area contributed by atoms with Crippen LogP contribution in [-0.2, 0) is 29.0 Å². The van der Waals surface area contributed by atoms with Gasteiger partial charge >= 0.3 is 5.97 Å². The van der Waals surface area contributed by atoms with Gasteiger partial charge in [0.25, 0.3) is 17.2 Å². The summed E-state index contributed by atoms with van der Waals surface area (Å²) in [6, 6.07) is 25.7. The summed E-state index contributed by atoms with van der Waals surface area (Å²) < 4.78 is 31.7. The van der Waals surface area contributed by atoms with Gasteiger partial charge in [-0.05, 0) is 47.9 Å². The van der Waals surface area contributed by atoms with Gasteiger partial charge in [-0.2, -0.15) is 4.31 Å². The normalized spacial score (nSPS) is 12.0. The SMILES string of the molecule is CCc1nc2c(C)cc(C(=O)OC)nc2n1Cc1ccc(-c2c(N(C(=O)c3ccccc3)S(=O)O)sc3ccccc23)cc1. The molecule has 1 atom stereocenters. The van der Waals surface area contributed by atoms with E-state index in [0.717, 1.165) is 42.4 Å². The third-order valence-electron chi connectivity index (χ3n) is 7.39. The number of carbonyl (C=O) groups is 2. The first-order valence-electron chi connectivity index (χ1n) is 13.9. The zero-order valence-corrected chi connectivity index (χ0v) is 25.8. The summed E-state index contributed by atoms with van der Waals surface area (Å²) in [5.74, 6) is -0.232. The number of benzene rings is 3. The van der Waals surface area contributed by atoms with Crippen LogP contribution in [0.2, 0.25) is 0 Å². The molecule has 0 saturated carbocycles. The molecular weight excluding hydrogens is 597 g/mol. The number of fused-ring (bicyclic) bond motifs is 2. The number of nitrogens with zero attached hydrogens (tertiary/aromatic N) is 4. The van der Waals surface area contributed by atoms with Gasteiger partial charge in [-0.3, -0.25) is 9.35 Å². The lowest BCUT2D eigenvalue weighted by Crippen LogP contribution is -2.32. The van der Waals surface area contributed by atoms with Crippen LogP contribution in [0.4, 0.5) is 5.00 Å². The summed E-state index contributed by atoms with van der Waals surface area (Å²) in [6.45, 7) is 4.39. The van der Waals surface area contributed by atoms with Crippen LogP contribution in [0.5, 0.6) is 0 Å². The Hall–Kier alpha value is -4.71. The number of amides is 1. The minimum atomic E-state index is -2.60. The highest BCUT2D eigenvalue weighted by Crippen LogP contribution is 2.45. The summed E-state index contributed by atoms with van der Waals surface area (Å²) >= 11 is -1.31. The number of hydrogen-bond donors (Lipinski definition) is 1. The molecule has 44 heavy (non-hydrogen) atoms. The van der Waals surface area contributed by atoms with Crippen molar-refractivity contribution >= 4 is 60.7 Å². The number of aromatic nitrogens is 3. The average molecular weight is 625 g/mol. The average Bonchev–Trinajstić information content (AvgIpc) is 3.59. The summed E-state index contributed by atoms with van der Waals surface area (Å²) in [5.41, 5.74) is 5.19. The van der Waals surface area contributed by atoms with Gasteiger partial charge in [0.2, 0.25) is 0 Å². The number of pyridine rings is 1. The molecule has 3 heterocycles. The van der Waals surface area contributed by atoms with E-state index in [1.165, 1.54) is 18.4 Å². The van der Waals surface area contributed by atoms with Gasteiger partial charge in [-0.25, -0.2) is 19.0 Å². The third-order valence-corrected chi connectivity index (χ3v) is 9.32. The van der Waals surface area contributed by atoms with Crippen molar-refractivity contribution in [1.29, 1.82) is 0 Å². The van der Waals surface area contributed by atoms with E-state index in [-0.39, 0.29) is 5.69 Å². The summed E-state index contributed by atoms with van der Waals surface area (Å²) in [5, 5.41) is 1.26. The molecule has 11 heteroatoms. The third kappa shape index (κ3) is 5.30. The number of methoxy groups -OCH3 is 1. The number of hydrogen-bond acceptors (Lipinski definition) is 7. The van der Waals surface area contributed by atoms with E-state index in [0.29, 0.717) is 34.7 Å². The van der Waals surface area contributed by atoms with Gasteiger partial charge in [0.1, 0.15) is 16.3 Å². The van der Waals surface area contributed by atoms with E-state index >= 15 is 0 Å². The number of ether oxygens (including phenoxy) is 1. The molecule has 1 unspecified atom stereocenters. The Balaban J connectivity index is 1.42. The van der Waals surface area contributed by atoms with Crippen LogP contribution in [-0.4, -0.2) is 42.3 Å². The van der Waals surface area contributed by atoms with Crippen molar-refractivity contribution in [1.82, 2.24) is 14.5 Å². The van der Waals surface area contributed by atoms with E-state index in [1.807, 2.05) is 66.9 Å². The highest BCUT2D eigenvalue weighted by molar-refractivity contribution is 7.82. The lowest BCUT2D eigenvalue weighted by Gasteiger charge is -2.18. The molecule has 3 aromatic heterocycles. The topological polar surface area (TPSA) is 115 Å². The summed E-state index contributed by atoms with van der Waals surface area (Å²) in [7, 11) is 1.33. The summed E-state index contributed by atoms with van der Waals surface area (Å²) in [6.07, 6.45) is 0.676. The van der Waals surface area contributed by atoms with Crippen LogP contribution in [0, 0.1) is 6.92 Å². The number of imidazole rings is 1. The molecule has 0 spiro atoms. The molecule has 0 aliphatic rings. The van der Waals surface area contributed by atoms with E-state index < -0.39 is 23.1 Å². The molecule has 1 amide bonds. The Kier molecular flexibility index (Phi) is 8.09. The quantitative estimate of drug-likeness (QED) is 0.146. The van der Waals surface area contributed by atoms with Crippen LogP contribution in [0.15, 0.2) is 84.9 Å². The first-order chi connectivity index (χ1) is 21.3. The molecule has 0 aliphatic heterocycles. The second kappa shape index (κ2) is 12.1. The van der Waals surface area contributed by atoms with Crippen molar-refractivity contribution in [2.45, 2.75) is 26.8 Å². The Morgan fingerprint density at radius 2 is 1.70 bits per heavy atom. The highest BCUT2D eigenvalue weighted by Gasteiger charge is 2.29. The number of aryl methyl sites for hydroxylation is 2. The molecular formula is C33H28N4O5S2. The molecule has 6 rings (SSSR count). The van der Waals surface area contributed by atoms with Gasteiger partial charge in [-0.1, -0.05) is 67.6 Å². The molecule has 0 bridgehead atoms. The Morgan fingerprint density at radius 3 is 2.39 bits per heavy atom. The highest BCUT2D eigenvalue weighted by atomic mass is 32.2. The predicted octanol–water partition coefficient (Wildman–Crippen LogP) is 6.80. The predicted molar refractivity (Wildman–Crippen MR) is 173 cm³/mol. The number of rotatable bonds is 8. The molecule has 222 valence electrons. The largest absolute Gasteiger partial charge is 0.464 e. The smallest absolute Gasteiger partial charge is 0.356 e. The first kappa shape index (κ1) is 29.4. The van der Waals surface area contributed by atoms with Crippen LogP contribution in [0.3, 0.4) is 0 Å². The number of esters is 1. The van der Waals surface area contributed by atoms with Gasteiger partial charge in [0.15, 0.2) is 11.3 Å². The Labute approximate surface area is 260 Å². The van der Waals surface area contributed by atoms with Crippen molar-refractivity contribution < 1.29 is 23.1 Å². The number of thiophene rings is 1. The first-order valence-corrected chi connectivity index (χ1v) is 15.7. The fourth-order valence-corrected chi connectivity index (χ4v) is 7.19. The van der Waals surface area contributed by atoms with Crippen molar-refractivity contribution in [2.24, 2.45) is 0 Å². The van der Waals surface area contributed by atoms with E-state index in [9.17, 15) is 18.4 Å². The Bertz CT molecular complexity index is 2050. The van der Waals surface area contributed by atoms with Crippen molar-refractivity contribution in [3.63, 3.8) is 0 Å². The molecule has 6 aromatic rings. The molecule has 9 nitrogen and oxygen atoms in total. The standard InChI is InChI=1S/C33H28N4O5S2/c1-4-27-35-29-20(2)18-25(33(39)42-3)34-30(29)36(27)19-21-14-16-22(17-15-21)28-24-12-8-9-13-26(24)43-32(28)37(44(40)41)31(38)23-10-6-5-7-11-23/h5-18H,4,19H2,1-3H3,(H,40,41). The second-order valence-corrected chi connectivity index (χ2v) is 12.0. The van der Waals surface area contributed by atoms with Gasteiger partial charge in [0, 0.05) is 27.6 Å². The Morgan fingerprint density at radius 1 is 1.00 bits per heavy atom. The van der Waals surface area contributed by atoms with E-state index in [4.69, 9.17) is 9.72 Å². The molecule has 3 aromatic carbocycles. The van der Waals surface area contributed by atoms with E-state index in [1.54, 1.807) is 36.4 Å².